The lowest BCUT2D eigenvalue weighted by molar-refractivity contribution is -0.124. The van der Waals surface area contributed by atoms with E-state index in [0.717, 1.165) is 25.0 Å². The van der Waals surface area contributed by atoms with Crippen molar-refractivity contribution >= 4 is 17.6 Å². The largest absolute Gasteiger partial charge is 0.452 e. The molecule has 1 aromatic rings. The van der Waals surface area contributed by atoms with Gasteiger partial charge in [-0.15, -0.1) is 0 Å². The third-order valence-electron chi connectivity index (χ3n) is 2.85. The number of benzene rings is 1. The lowest BCUT2D eigenvalue weighted by atomic mass is 10.2. The first-order valence-electron chi connectivity index (χ1n) is 6.05. The molecule has 2 rings (SSSR count). The second-order valence-electron chi connectivity index (χ2n) is 4.56. The first kappa shape index (κ1) is 13.3. The molecule has 0 bridgehead atoms. The Labute approximate surface area is 109 Å². The second kappa shape index (κ2) is 5.69. The molecule has 1 aliphatic rings. The van der Waals surface area contributed by atoms with Crippen molar-refractivity contribution in [1.82, 2.24) is 5.32 Å². The quantitative estimate of drug-likeness (QED) is 0.617. The summed E-state index contributed by atoms with van der Waals surface area (Å²) in [7, 11) is 0. The first-order chi connectivity index (χ1) is 9.06. The number of carbonyl (C=O) groups excluding carboxylic acids is 2. The topological polar surface area (TPSA) is 81.4 Å². The molecule has 1 saturated carbocycles. The molecule has 5 nitrogen and oxygen atoms in total. The van der Waals surface area contributed by atoms with Gasteiger partial charge in [-0.2, -0.15) is 0 Å². The Kier molecular flexibility index (Phi) is 3.99. The third-order valence-corrected chi connectivity index (χ3v) is 2.85. The summed E-state index contributed by atoms with van der Waals surface area (Å²) in [5.41, 5.74) is 5.58. The van der Waals surface area contributed by atoms with Crippen LogP contribution in [0.25, 0.3) is 0 Å². The highest BCUT2D eigenvalue weighted by atomic mass is 19.1. The van der Waals surface area contributed by atoms with Crippen LogP contribution in [0.3, 0.4) is 0 Å². The number of nitrogens with one attached hydrogen (secondary N) is 1. The van der Waals surface area contributed by atoms with Gasteiger partial charge in [-0.1, -0.05) is 0 Å². The summed E-state index contributed by atoms with van der Waals surface area (Å²) < 4.78 is 17.8. The number of carbonyl (C=O) groups is 2. The number of rotatable bonds is 5. The van der Waals surface area contributed by atoms with E-state index < -0.39 is 11.8 Å². The molecule has 102 valence electrons. The molecule has 0 aromatic heterocycles. The lowest BCUT2D eigenvalue weighted by Gasteiger charge is -2.07. The van der Waals surface area contributed by atoms with Gasteiger partial charge in [0.15, 0.2) is 6.61 Å². The average Bonchev–Trinajstić information content (AvgIpc) is 3.20. The van der Waals surface area contributed by atoms with Gasteiger partial charge in [0.2, 0.25) is 0 Å². The van der Waals surface area contributed by atoms with E-state index in [1.807, 2.05) is 0 Å². The fourth-order valence-electron chi connectivity index (χ4n) is 1.55. The number of halogens is 1. The van der Waals surface area contributed by atoms with Crippen molar-refractivity contribution in [3.63, 3.8) is 0 Å². The molecule has 0 radical (unpaired) electrons. The lowest BCUT2D eigenvalue weighted by Crippen LogP contribution is -2.30. The van der Waals surface area contributed by atoms with Crippen LogP contribution in [0.4, 0.5) is 10.1 Å². The van der Waals surface area contributed by atoms with Gasteiger partial charge < -0.3 is 15.8 Å². The zero-order valence-corrected chi connectivity index (χ0v) is 10.3. The number of hydrogen-bond donors (Lipinski definition) is 2. The van der Waals surface area contributed by atoms with Crippen LogP contribution in [0.5, 0.6) is 0 Å². The van der Waals surface area contributed by atoms with E-state index in [0.29, 0.717) is 12.5 Å². The van der Waals surface area contributed by atoms with E-state index in [1.165, 1.54) is 6.07 Å². The molecule has 0 heterocycles. The molecule has 1 aliphatic carbocycles. The van der Waals surface area contributed by atoms with E-state index in [1.54, 1.807) is 0 Å². The number of esters is 1. The van der Waals surface area contributed by atoms with Crippen LogP contribution in [0.1, 0.15) is 23.2 Å². The van der Waals surface area contributed by atoms with Gasteiger partial charge in [-0.3, -0.25) is 4.79 Å². The van der Waals surface area contributed by atoms with Gasteiger partial charge >= 0.3 is 5.97 Å². The zero-order valence-electron chi connectivity index (χ0n) is 10.3. The number of nitrogens with two attached hydrogens (primary N) is 1. The Morgan fingerprint density at radius 1 is 1.42 bits per heavy atom. The molecule has 1 aromatic carbocycles. The summed E-state index contributed by atoms with van der Waals surface area (Å²) in [6, 6.07) is 3.41. The first-order valence-corrected chi connectivity index (χ1v) is 6.05. The van der Waals surface area contributed by atoms with Crippen LogP contribution >= 0.6 is 0 Å². The van der Waals surface area contributed by atoms with Gasteiger partial charge in [0.25, 0.3) is 5.91 Å². The van der Waals surface area contributed by atoms with Gasteiger partial charge in [0.05, 0.1) is 5.56 Å². The molecular weight excluding hydrogens is 251 g/mol. The van der Waals surface area contributed by atoms with Crippen LogP contribution < -0.4 is 11.1 Å². The Bertz CT molecular complexity index is 501. The number of anilines is 1. The zero-order chi connectivity index (χ0) is 13.8. The molecule has 3 N–H and O–H groups in total. The third kappa shape index (κ3) is 3.94. The maximum absolute atomic E-state index is 13.0. The van der Waals surface area contributed by atoms with Gasteiger partial charge in [-0.05, 0) is 37.0 Å². The number of hydrogen-bond acceptors (Lipinski definition) is 4. The molecule has 0 saturated heterocycles. The highest BCUT2D eigenvalue weighted by Gasteiger charge is 2.22. The minimum Gasteiger partial charge on any atom is -0.452 e. The van der Waals surface area contributed by atoms with Gasteiger partial charge in [-0.25, -0.2) is 9.18 Å². The monoisotopic (exact) mass is 266 g/mol. The Balaban J connectivity index is 1.82. The van der Waals surface area contributed by atoms with Crippen molar-refractivity contribution < 1.29 is 18.7 Å². The Morgan fingerprint density at radius 3 is 2.84 bits per heavy atom. The number of nitrogen functional groups attached to an aromatic ring is 1. The normalized spacial score (nSPS) is 13.9. The van der Waals surface area contributed by atoms with E-state index in [2.05, 4.69) is 5.32 Å². The summed E-state index contributed by atoms with van der Waals surface area (Å²) in [4.78, 5) is 23.0. The molecule has 0 aliphatic heterocycles. The smallest absolute Gasteiger partial charge is 0.340 e. The van der Waals surface area contributed by atoms with Crippen LogP contribution in [0.2, 0.25) is 0 Å². The van der Waals surface area contributed by atoms with E-state index in [-0.39, 0.29) is 23.8 Å². The SMILES string of the molecule is Nc1ccc(F)cc1C(=O)OCC(=O)NCC1CC1. The molecule has 0 atom stereocenters. The second-order valence-corrected chi connectivity index (χ2v) is 4.56. The maximum atomic E-state index is 13.0. The van der Waals surface area contributed by atoms with Crippen LogP contribution in [-0.4, -0.2) is 25.0 Å². The average molecular weight is 266 g/mol. The maximum Gasteiger partial charge on any atom is 0.340 e. The molecule has 1 fully saturated rings. The highest BCUT2D eigenvalue weighted by molar-refractivity contribution is 5.96. The van der Waals surface area contributed by atoms with Crippen molar-refractivity contribution in [2.24, 2.45) is 5.92 Å². The predicted octanol–water partition coefficient (Wildman–Crippen LogP) is 1.09. The van der Waals surface area contributed by atoms with E-state index in [4.69, 9.17) is 10.5 Å². The summed E-state index contributed by atoms with van der Waals surface area (Å²) >= 11 is 0. The van der Waals surface area contributed by atoms with Gasteiger partial charge in [0, 0.05) is 12.2 Å². The Morgan fingerprint density at radius 2 is 2.16 bits per heavy atom. The molecule has 19 heavy (non-hydrogen) atoms. The van der Waals surface area contributed by atoms with Crippen molar-refractivity contribution in [3.05, 3.63) is 29.6 Å². The number of amides is 1. The summed E-state index contributed by atoms with van der Waals surface area (Å²) in [6.07, 6.45) is 2.25. The Hall–Kier alpha value is -2.11. The van der Waals surface area contributed by atoms with Crippen molar-refractivity contribution in [2.75, 3.05) is 18.9 Å². The minimum atomic E-state index is -0.807. The van der Waals surface area contributed by atoms with Crippen LogP contribution in [0.15, 0.2) is 18.2 Å². The number of ether oxygens (including phenoxy) is 1. The molecule has 0 unspecified atom stereocenters. The van der Waals surface area contributed by atoms with Gasteiger partial charge in [0.1, 0.15) is 5.82 Å². The molecule has 0 spiro atoms. The highest BCUT2D eigenvalue weighted by Crippen LogP contribution is 2.27. The molecule has 6 heteroatoms. The van der Waals surface area contributed by atoms with Crippen LogP contribution in [0, 0.1) is 11.7 Å². The molecule has 1 amide bonds. The summed E-state index contributed by atoms with van der Waals surface area (Å²) in [6.45, 7) is 0.222. The standard InChI is InChI=1S/C13H15FN2O3/c14-9-3-4-11(15)10(5-9)13(18)19-7-12(17)16-6-8-1-2-8/h3-5,8H,1-2,6-7,15H2,(H,16,17). The van der Waals surface area contributed by atoms with Crippen molar-refractivity contribution in [2.45, 2.75) is 12.8 Å². The molecular formula is C13H15FN2O3. The predicted molar refractivity (Wildman–Crippen MR) is 66.8 cm³/mol. The summed E-state index contributed by atoms with van der Waals surface area (Å²) in [5, 5.41) is 2.66. The van der Waals surface area contributed by atoms with E-state index in [9.17, 15) is 14.0 Å². The fourth-order valence-corrected chi connectivity index (χ4v) is 1.55. The van der Waals surface area contributed by atoms with Crippen molar-refractivity contribution in [1.29, 1.82) is 0 Å². The minimum absolute atomic E-state index is 0.0741. The van der Waals surface area contributed by atoms with E-state index >= 15 is 0 Å². The fraction of sp³-hybridized carbons (Fsp3) is 0.385. The van der Waals surface area contributed by atoms with Crippen LogP contribution in [-0.2, 0) is 9.53 Å². The van der Waals surface area contributed by atoms with Crippen molar-refractivity contribution in [3.8, 4) is 0 Å². The summed E-state index contributed by atoms with van der Waals surface area (Å²) in [5.74, 6) is -1.20.